The van der Waals surface area contributed by atoms with Gasteiger partial charge in [-0.15, -0.1) is 0 Å². The molecular weight excluding hydrogens is 853 g/mol. The van der Waals surface area contributed by atoms with E-state index in [9.17, 15) is 14.4 Å². The van der Waals surface area contributed by atoms with E-state index in [1.54, 1.807) is 0 Å². The Morgan fingerprint density at radius 3 is 0.725 bits per heavy atom. The van der Waals surface area contributed by atoms with Crippen molar-refractivity contribution < 1.29 is 28.6 Å². The third-order valence-electron chi connectivity index (χ3n) is 13.9. The normalized spacial score (nSPS) is 12.1. The molecule has 0 amide bonds. The minimum absolute atomic E-state index is 0.0703. The zero-order chi connectivity index (χ0) is 50.0. The molecule has 0 aromatic carbocycles. The van der Waals surface area contributed by atoms with Gasteiger partial charge in [-0.2, -0.15) is 0 Å². The van der Waals surface area contributed by atoms with Crippen LogP contribution in [0.25, 0.3) is 0 Å². The first-order valence-electron chi connectivity index (χ1n) is 30.8. The van der Waals surface area contributed by atoms with Crippen molar-refractivity contribution in [1.29, 1.82) is 0 Å². The summed E-state index contributed by atoms with van der Waals surface area (Å²) >= 11 is 0. The van der Waals surface area contributed by atoms with Gasteiger partial charge in [0, 0.05) is 19.3 Å². The van der Waals surface area contributed by atoms with Gasteiger partial charge in [0.15, 0.2) is 6.10 Å². The molecule has 0 radical (unpaired) electrons. The fourth-order valence-electron chi connectivity index (χ4n) is 9.26. The number of hydrogen-bond donors (Lipinski definition) is 0. The molecule has 0 heterocycles. The van der Waals surface area contributed by atoms with Crippen LogP contribution in [0, 0.1) is 0 Å². The van der Waals surface area contributed by atoms with E-state index >= 15 is 0 Å². The van der Waals surface area contributed by atoms with Crippen LogP contribution >= 0.6 is 0 Å². The molecule has 1 atom stereocenters. The number of carbonyl (C=O) groups excluding carboxylic acids is 3. The van der Waals surface area contributed by atoms with Crippen molar-refractivity contribution in [2.24, 2.45) is 0 Å². The third-order valence-corrected chi connectivity index (χ3v) is 13.9. The third kappa shape index (κ3) is 56.7. The van der Waals surface area contributed by atoms with Crippen LogP contribution in [0.3, 0.4) is 0 Å². The highest BCUT2D eigenvalue weighted by atomic mass is 16.6. The summed E-state index contributed by atoms with van der Waals surface area (Å²) in [6, 6.07) is 0. The monoisotopic (exact) mass is 971 g/mol. The summed E-state index contributed by atoms with van der Waals surface area (Å²) in [4.78, 5) is 37.8. The van der Waals surface area contributed by atoms with E-state index in [1.807, 2.05) is 0 Å². The Labute approximate surface area is 430 Å². The quantitative estimate of drug-likeness (QED) is 0.0261. The van der Waals surface area contributed by atoms with Crippen LogP contribution in [-0.4, -0.2) is 37.2 Å². The molecule has 0 aromatic heterocycles. The van der Waals surface area contributed by atoms with Gasteiger partial charge in [-0.3, -0.25) is 14.4 Å². The van der Waals surface area contributed by atoms with Crippen LogP contribution in [0.1, 0.15) is 342 Å². The first-order valence-corrected chi connectivity index (χ1v) is 30.8. The molecule has 0 aliphatic heterocycles. The molecule has 0 saturated carbocycles. The Morgan fingerprint density at radius 1 is 0.275 bits per heavy atom. The number of ether oxygens (including phenoxy) is 3. The standard InChI is InChI=1S/C63H118O6/c1-4-7-10-13-16-18-20-22-24-25-26-27-28-29-30-31-32-33-34-35-36-37-38-39-40-42-43-45-47-50-53-56-62(65)68-59-60(58-67-61(64)55-52-49-15-12-9-6-3)69-63(66)57-54-51-48-46-44-41-23-21-19-17-14-11-8-5-2/h21,23,25-26,60H,4-20,22,24,27-59H2,1-3H3/b23-21-,26-25-. The molecule has 0 fully saturated rings. The van der Waals surface area contributed by atoms with Crippen molar-refractivity contribution in [3.05, 3.63) is 24.3 Å². The molecule has 0 N–H and O–H groups in total. The van der Waals surface area contributed by atoms with Gasteiger partial charge in [-0.05, 0) is 70.6 Å². The zero-order valence-corrected chi connectivity index (χ0v) is 46.6. The second-order valence-electron chi connectivity index (χ2n) is 21.0. The highest BCUT2D eigenvalue weighted by molar-refractivity contribution is 5.71. The summed E-state index contributed by atoms with van der Waals surface area (Å²) < 4.78 is 16.8. The van der Waals surface area contributed by atoms with Gasteiger partial charge in [0.05, 0.1) is 0 Å². The average Bonchev–Trinajstić information content (AvgIpc) is 3.35. The Bertz CT molecular complexity index is 1110. The maximum atomic E-state index is 12.8. The number of unbranched alkanes of at least 4 members (excludes halogenated alkanes) is 42. The van der Waals surface area contributed by atoms with Gasteiger partial charge < -0.3 is 14.2 Å². The number of carbonyl (C=O) groups is 3. The molecular formula is C63H118O6. The zero-order valence-electron chi connectivity index (χ0n) is 46.6. The van der Waals surface area contributed by atoms with Crippen molar-refractivity contribution in [3.63, 3.8) is 0 Å². The summed E-state index contributed by atoms with van der Waals surface area (Å²) in [5, 5.41) is 0. The molecule has 1 unspecified atom stereocenters. The highest BCUT2D eigenvalue weighted by Crippen LogP contribution is 2.17. The molecule has 6 heteroatoms. The molecule has 6 nitrogen and oxygen atoms in total. The lowest BCUT2D eigenvalue weighted by Gasteiger charge is -2.18. The van der Waals surface area contributed by atoms with Crippen LogP contribution < -0.4 is 0 Å². The number of hydrogen-bond acceptors (Lipinski definition) is 6. The Hall–Kier alpha value is -2.11. The second kappa shape index (κ2) is 58.5. The van der Waals surface area contributed by atoms with E-state index in [4.69, 9.17) is 14.2 Å². The minimum Gasteiger partial charge on any atom is -0.462 e. The first-order chi connectivity index (χ1) is 34.0. The van der Waals surface area contributed by atoms with Crippen LogP contribution in [-0.2, 0) is 28.6 Å². The Morgan fingerprint density at radius 2 is 0.478 bits per heavy atom. The van der Waals surface area contributed by atoms with Gasteiger partial charge in [-0.1, -0.05) is 276 Å². The van der Waals surface area contributed by atoms with Gasteiger partial charge >= 0.3 is 17.9 Å². The SMILES string of the molecule is CCCCCCC/C=C\CCCCCCCC(=O)OC(COC(=O)CCCCCCCC)COC(=O)CCCCCCCCCCCCCCCCCCCCC/C=C\CCCCCCCCCC. The molecule has 0 spiro atoms. The van der Waals surface area contributed by atoms with Crippen LogP contribution in [0.15, 0.2) is 24.3 Å². The van der Waals surface area contributed by atoms with E-state index < -0.39 is 6.10 Å². The van der Waals surface area contributed by atoms with Gasteiger partial charge in [0.1, 0.15) is 13.2 Å². The van der Waals surface area contributed by atoms with E-state index in [1.165, 1.54) is 238 Å². The topological polar surface area (TPSA) is 78.9 Å². The van der Waals surface area contributed by atoms with Crippen LogP contribution in [0.4, 0.5) is 0 Å². The molecule has 0 aliphatic carbocycles. The molecule has 0 saturated heterocycles. The lowest BCUT2D eigenvalue weighted by molar-refractivity contribution is -0.167. The number of allylic oxidation sites excluding steroid dienone is 4. The largest absolute Gasteiger partial charge is 0.462 e. The van der Waals surface area contributed by atoms with Gasteiger partial charge in [0.2, 0.25) is 0 Å². The van der Waals surface area contributed by atoms with Crippen LogP contribution in [0.2, 0.25) is 0 Å². The van der Waals surface area contributed by atoms with Gasteiger partial charge in [-0.25, -0.2) is 0 Å². The molecule has 0 rings (SSSR count). The fourth-order valence-corrected chi connectivity index (χ4v) is 9.26. The average molecular weight is 972 g/mol. The molecule has 0 aromatic rings. The van der Waals surface area contributed by atoms with E-state index in [0.717, 1.165) is 64.2 Å². The second-order valence-corrected chi connectivity index (χ2v) is 21.0. The molecule has 406 valence electrons. The summed E-state index contributed by atoms with van der Waals surface area (Å²) in [6.45, 7) is 6.60. The summed E-state index contributed by atoms with van der Waals surface area (Å²) in [5.41, 5.74) is 0. The van der Waals surface area contributed by atoms with E-state index in [2.05, 4.69) is 45.1 Å². The lowest BCUT2D eigenvalue weighted by Crippen LogP contribution is -2.30. The predicted octanol–water partition coefficient (Wildman–Crippen LogP) is 20.7. The first kappa shape index (κ1) is 66.9. The lowest BCUT2D eigenvalue weighted by atomic mass is 10.0. The molecule has 0 aliphatic rings. The smallest absolute Gasteiger partial charge is 0.306 e. The maximum Gasteiger partial charge on any atom is 0.306 e. The predicted molar refractivity (Wildman–Crippen MR) is 298 cm³/mol. The Kier molecular flexibility index (Phi) is 56.7. The highest BCUT2D eigenvalue weighted by Gasteiger charge is 2.19. The van der Waals surface area contributed by atoms with Crippen molar-refractivity contribution in [2.75, 3.05) is 13.2 Å². The van der Waals surface area contributed by atoms with Crippen molar-refractivity contribution in [3.8, 4) is 0 Å². The fraction of sp³-hybridized carbons (Fsp3) is 0.889. The number of esters is 3. The van der Waals surface area contributed by atoms with Crippen molar-refractivity contribution >= 4 is 17.9 Å². The van der Waals surface area contributed by atoms with E-state index in [-0.39, 0.29) is 31.1 Å². The summed E-state index contributed by atoms with van der Waals surface area (Å²) in [7, 11) is 0. The maximum absolute atomic E-state index is 12.8. The Balaban J connectivity index is 3.93. The minimum atomic E-state index is -0.768. The van der Waals surface area contributed by atoms with Gasteiger partial charge in [0.25, 0.3) is 0 Å². The number of rotatable bonds is 57. The molecule has 0 bridgehead atoms. The summed E-state index contributed by atoms with van der Waals surface area (Å²) in [6.07, 6.45) is 69.5. The van der Waals surface area contributed by atoms with Crippen molar-refractivity contribution in [2.45, 2.75) is 348 Å². The van der Waals surface area contributed by atoms with Crippen LogP contribution in [0.5, 0.6) is 0 Å². The van der Waals surface area contributed by atoms with Crippen molar-refractivity contribution in [1.82, 2.24) is 0 Å². The summed E-state index contributed by atoms with van der Waals surface area (Å²) in [5.74, 6) is -0.871. The molecule has 69 heavy (non-hydrogen) atoms. The van der Waals surface area contributed by atoms with E-state index in [0.29, 0.717) is 19.3 Å².